The second-order valence-corrected chi connectivity index (χ2v) is 11.9. The fourth-order valence-electron chi connectivity index (χ4n) is 11.1. The van der Waals surface area contributed by atoms with Crippen molar-refractivity contribution < 1.29 is 9.53 Å². The Labute approximate surface area is 163 Å². The Kier molecular flexibility index (Phi) is 2.99. The van der Waals surface area contributed by atoms with Gasteiger partial charge in [-0.25, -0.2) is 4.79 Å². The molecule has 7 rings (SSSR count). The highest BCUT2D eigenvalue weighted by Gasteiger charge is 2.73. The highest BCUT2D eigenvalue weighted by atomic mass is 16.5. The first kappa shape index (κ1) is 16.1. The van der Waals surface area contributed by atoms with Crippen LogP contribution in [0.1, 0.15) is 52.4 Å². The van der Waals surface area contributed by atoms with Gasteiger partial charge in [-0.3, -0.25) is 0 Å². The van der Waals surface area contributed by atoms with E-state index in [4.69, 9.17) is 4.74 Å². The molecule has 0 heterocycles. The number of ether oxygens (including phenoxy) is 1. The van der Waals surface area contributed by atoms with Gasteiger partial charge in [-0.2, -0.15) is 0 Å². The summed E-state index contributed by atoms with van der Waals surface area (Å²) in [5.41, 5.74) is 0.563. The van der Waals surface area contributed by atoms with Gasteiger partial charge in [0.1, 0.15) is 6.10 Å². The Morgan fingerprint density at radius 3 is 2.11 bits per heavy atom. The van der Waals surface area contributed by atoms with Gasteiger partial charge in [0, 0.05) is 5.57 Å². The zero-order valence-corrected chi connectivity index (χ0v) is 16.8. The van der Waals surface area contributed by atoms with Crippen LogP contribution in [0.3, 0.4) is 0 Å². The van der Waals surface area contributed by atoms with Crippen molar-refractivity contribution in [2.75, 3.05) is 0 Å². The lowest BCUT2D eigenvalue weighted by molar-refractivity contribution is -0.148. The van der Waals surface area contributed by atoms with Crippen LogP contribution in [-0.2, 0) is 9.53 Å². The van der Waals surface area contributed by atoms with Gasteiger partial charge in [-0.05, 0) is 122 Å². The molecule has 7 saturated carbocycles. The van der Waals surface area contributed by atoms with Crippen molar-refractivity contribution in [3.63, 3.8) is 0 Å². The smallest absolute Gasteiger partial charge is 0.333 e. The van der Waals surface area contributed by atoms with Crippen LogP contribution in [0.5, 0.6) is 0 Å². The molecule has 146 valence electrons. The Morgan fingerprint density at radius 2 is 1.33 bits per heavy atom. The van der Waals surface area contributed by atoms with Gasteiger partial charge in [0.05, 0.1) is 0 Å². The summed E-state index contributed by atoms with van der Waals surface area (Å²) in [6.45, 7) is 8.12. The standard InChI is InChI=1S/C25H34O2/c1-10(2)25(26)27-20-7-13-6-15(20)16-8-18-17-9-19(24(18)22(13)16)23-14-5-12(21(17)23)4-11(14)3/h11-24H,1,4-9H2,2-3H3/t11?,12?,13?,14?,15?,16?,17?,18?,19?,20?,21?,22?,23-,24?/m0/s1. The van der Waals surface area contributed by atoms with E-state index in [1.165, 1.54) is 12.8 Å². The van der Waals surface area contributed by atoms with E-state index in [2.05, 4.69) is 13.5 Å². The molecule has 6 bridgehead atoms. The molecular weight excluding hydrogens is 332 g/mol. The predicted octanol–water partition coefficient (Wildman–Crippen LogP) is 4.94. The lowest BCUT2D eigenvalue weighted by atomic mass is 9.60. The summed E-state index contributed by atoms with van der Waals surface area (Å²) in [6.07, 6.45) is 8.91. The molecule has 2 heteroatoms. The molecule has 2 nitrogen and oxygen atoms in total. The minimum absolute atomic E-state index is 0.151. The van der Waals surface area contributed by atoms with E-state index >= 15 is 0 Å². The molecule has 0 radical (unpaired) electrons. The van der Waals surface area contributed by atoms with Gasteiger partial charge in [0.15, 0.2) is 0 Å². The lowest BCUT2D eigenvalue weighted by Crippen LogP contribution is -2.41. The Balaban J connectivity index is 1.16. The first-order valence-corrected chi connectivity index (χ1v) is 11.9. The van der Waals surface area contributed by atoms with Gasteiger partial charge in [0.2, 0.25) is 0 Å². The highest BCUT2D eigenvalue weighted by molar-refractivity contribution is 5.87. The zero-order valence-electron chi connectivity index (χ0n) is 16.8. The van der Waals surface area contributed by atoms with Crippen molar-refractivity contribution in [1.82, 2.24) is 0 Å². The van der Waals surface area contributed by atoms with Crippen molar-refractivity contribution in [3.05, 3.63) is 12.2 Å². The first-order valence-electron chi connectivity index (χ1n) is 11.9. The molecule has 0 aromatic heterocycles. The average molecular weight is 367 g/mol. The predicted molar refractivity (Wildman–Crippen MR) is 103 cm³/mol. The minimum Gasteiger partial charge on any atom is -0.459 e. The third-order valence-electron chi connectivity index (χ3n) is 11.3. The highest BCUT2D eigenvalue weighted by Crippen LogP contribution is 2.78. The number of rotatable bonds is 2. The van der Waals surface area contributed by atoms with Gasteiger partial charge in [-0.1, -0.05) is 13.5 Å². The van der Waals surface area contributed by atoms with E-state index in [0.717, 1.165) is 77.4 Å². The summed E-state index contributed by atoms with van der Waals surface area (Å²) in [7, 11) is 0. The molecule has 27 heavy (non-hydrogen) atoms. The molecule has 7 fully saturated rings. The molecule has 13 unspecified atom stereocenters. The number of esters is 1. The molecule has 0 spiro atoms. The summed E-state index contributed by atoms with van der Waals surface area (Å²) in [5, 5.41) is 0. The van der Waals surface area contributed by atoms with Gasteiger partial charge in [0.25, 0.3) is 0 Å². The van der Waals surface area contributed by atoms with Crippen LogP contribution in [0.15, 0.2) is 12.2 Å². The molecule has 0 saturated heterocycles. The number of hydrogen-bond acceptors (Lipinski definition) is 2. The maximum Gasteiger partial charge on any atom is 0.333 e. The molecule has 0 aliphatic heterocycles. The third-order valence-corrected chi connectivity index (χ3v) is 11.3. The largest absolute Gasteiger partial charge is 0.459 e. The van der Waals surface area contributed by atoms with Gasteiger partial charge in [-0.15, -0.1) is 0 Å². The number of carbonyl (C=O) groups is 1. The Morgan fingerprint density at radius 1 is 0.741 bits per heavy atom. The van der Waals surface area contributed by atoms with Crippen LogP contribution in [0.4, 0.5) is 0 Å². The second-order valence-electron chi connectivity index (χ2n) is 11.9. The fraction of sp³-hybridized carbons (Fsp3) is 0.880. The second kappa shape index (κ2) is 5.03. The Bertz CT molecular complexity index is 726. The maximum atomic E-state index is 12.1. The van der Waals surface area contributed by atoms with Crippen LogP contribution < -0.4 is 0 Å². The van der Waals surface area contributed by atoms with E-state index < -0.39 is 0 Å². The zero-order chi connectivity index (χ0) is 18.2. The number of hydrogen-bond donors (Lipinski definition) is 0. The van der Waals surface area contributed by atoms with Crippen LogP contribution in [0.2, 0.25) is 0 Å². The number of fused-ring (bicyclic) bond motifs is 18. The third kappa shape index (κ3) is 1.79. The molecule has 0 aromatic carbocycles. The van der Waals surface area contributed by atoms with E-state index in [0.29, 0.717) is 11.5 Å². The van der Waals surface area contributed by atoms with Crippen LogP contribution >= 0.6 is 0 Å². The quantitative estimate of drug-likeness (QED) is 0.393. The molecular formula is C25H34O2. The minimum atomic E-state index is -0.151. The summed E-state index contributed by atoms with van der Waals surface area (Å²) < 4.78 is 5.90. The van der Waals surface area contributed by atoms with Crippen molar-refractivity contribution in [2.45, 2.75) is 58.5 Å². The summed E-state index contributed by atoms with van der Waals surface area (Å²) >= 11 is 0. The van der Waals surface area contributed by atoms with Crippen LogP contribution in [0.25, 0.3) is 0 Å². The topological polar surface area (TPSA) is 26.3 Å². The molecule has 7 aliphatic carbocycles. The normalized spacial score (nSPS) is 63.3. The van der Waals surface area contributed by atoms with E-state index in [9.17, 15) is 4.79 Å². The van der Waals surface area contributed by atoms with Crippen LogP contribution in [-0.4, -0.2) is 12.1 Å². The maximum absolute atomic E-state index is 12.1. The van der Waals surface area contributed by atoms with Crippen molar-refractivity contribution in [3.8, 4) is 0 Å². The molecule has 0 N–H and O–H groups in total. The number of carbonyl (C=O) groups excluding carboxylic acids is 1. The molecule has 14 atom stereocenters. The van der Waals surface area contributed by atoms with E-state index in [1.54, 1.807) is 26.2 Å². The van der Waals surface area contributed by atoms with Gasteiger partial charge >= 0.3 is 5.97 Å². The van der Waals surface area contributed by atoms with E-state index in [1.807, 2.05) is 0 Å². The summed E-state index contributed by atoms with van der Waals surface area (Å²) in [4.78, 5) is 12.1. The lowest BCUT2D eigenvalue weighted by Gasteiger charge is -2.45. The van der Waals surface area contributed by atoms with Crippen molar-refractivity contribution in [1.29, 1.82) is 0 Å². The molecule has 0 amide bonds. The van der Waals surface area contributed by atoms with Gasteiger partial charge < -0.3 is 4.74 Å². The molecule has 7 aliphatic rings. The fourth-order valence-corrected chi connectivity index (χ4v) is 11.1. The SMILES string of the molecule is C=C(C)C(=O)OC1CC2CC1C1CC3C4CC(C3C21)[C@@H]1C2CC(CC2C)C41. The average Bonchev–Trinajstić information content (AvgIpc) is 3.40. The van der Waals surface area contributed by atoms with Crippen molar-refractivity contribution in [2.24, 2.45) is 76.9 Å². The summed E-state index contributed by atoms with van der Waals surface area (Å²) in [5.74, 6) is 12.9. The first-order chi connectivity index (χ1) is 13.0. The van der Waals surface area contributed by atoms with Crippen LogP contribution in [0, 0.1) is 76.9 Å². The monoisotopic (exact) mass is 366 g/mol. The molecule has 0 aromatic rings. The van der Waals surface area contributed by atoms with E-state index in [-0.39, 0.29) is 12.1 Å². The summed E-state index contributed by atoms with van der Waals surface area (Å²) in [6, 6.07) is 0. The Hall–Kier alpha value is -0.790. The van der Waals surface area contributed by atoms with Crippen molar-refractivity contribution >= 4 is 5.97 Å².